The van der Waals surface area contributed by atoms with Crippen molar-refractivity contribution in [1.82, 2.24) is 10.4 Å². The molecule has 1 aliphatic heterocycles. The first-order chi connectivity index (χ1) is 38.1. The van der Waals surface area contributed by atoms with Crippen LogP contribution in [0.3, 0.4) is 0 Å². The summed E-state index contributed by atoms with van der Waals surface area (Å²) in [6.07, 6.45) is -2.85. The van der Waals surface area contributed by atoms with Crippen LogP contribution in [0, 0.1) is 40.5 Å². The maximum absolute atomic E-state index is 12.5. The molecule has 1 heterocycles. The molecule has 28 heteroatoms. The number of alkyl carbamates (subject to hydrolysis) is 1. The third-order valence-electron chi connectivity index (χ3n) is 12.7. The second kappa shape index (κ2) is 24.4. The van der Waals surface area contributed by atoms with Crippen LogP contribution in [0.25, 0.3) is 22.3 Å². The normalized spacial score (nSPS) is 13.5. The van der Waals surface area contributed by atoms with Crippen LogP contribution in [0.1, 0.15) is 58.1 Å². The number of carbonyl (C=O) groups is 6. The fourth-order valence-electron chi connectivity index (χ4n) is 9.02. The number of nitrogens with two attached hydrogens (primary N) is 1. The first-order valence-electron chi connectivity index (χ1n) is 23.6. The number of nitro groups is 4. The van der Waals surface area contributed by atoms with Gasteiger partial charge in [0.2, 0.25) is 0 Å². The Morgan fingerprint density at radius 1 is 0.562 bits per heavy atom. The predicted octanol–water partition coefficient (Wildman–Crippen LogP) is 6.92. The number of benzene rings is 6. The number of carboxylic acid groups (broad SMARTS) is 2. The molecule has 2 unspecified atom stereocenters. The molecule has 9 rings (SSSR count). The summed E-state index contributed by atoms with van der Waals surface area (Å²) in [6, 6.07) is 31.6. The topological polar surface area (TPSA) is 425 Å². The van der Waals surface area contributed by atoms with Gasteiger partial charge in [-0.05, 0) is 62.1 Å². The number of hydroxylamine groups is 2. The first kappa shape index (κ1) is 56.8. The number of phenolic OH excluding ortho intramolecular Hbond substituents is 2. The van der Waals surface area contributed by atoms with E-state index in [4.69, 9.17) is 25.2 Å². The molecule has 6 aromatic carbocycles. The zero-order valence-electron chi connectivity index (χ0n) is 41.1. The lowest BCUT2D eigenvalue weighted by Crippen LogP contribution is -2.42. The van der Waals surface area contributed by atoms with Gasteiger partial charge < -0.3 is 41.0 Å². The molecule has 1 saturated heterocycles. The highest BCUT2D eigenvalue weighted by molar-refractivity contribution is 6.01. The monoisotopic (exact) mass is 1100 g/mol. The molecule has 0 aromatic heterocycles. The Kier molecular flexibility index (Phi) is 17.3. The van der Waals surface area contributed by atoms with Crippen molar-refractivity contribution in [2.24, 2.45) is 5.73 Å². The van der Waals surface area contributed by atoms with E-state index >= 15 is 0 Å². The number of carbonyl (C=O) groups excluding carboxylic acids is 4. The van der Waals surface area contributed by atoms with Gasteiger partial charge in [-0.3, -0.25) is 59.7 Å². The van der Waals surface area contributed by atoms with E-state index in [0.29, 0.717) is 5.06 Å². The van der Waals surface area contributed by atoms with Crippen LogP contribution in [0.15, 0.2) is 121 Å². The SMILES string of the molecule is NC(Cc1cc([N+](=O)[O-])c(O)c([N+](=O)[O-])c1)C(=O)O.O=C(NC(Cc1cc([N+](=O)[O-])c(O)c([N+](=O)[O-])c1)C(=O)O)OCC1c2ccccc2-c2ccccc21.O=C(OCC1c2ccccc2-c2ccccc21)ON1C(=O)CCC1=O. The minimum atomic E-state index is -1.61. The molecule has 28 nitrogen and oxygen atoms in total. The molecule has 3 aliphatic rings. The highest BCUT2D eigenvalue weighted by atomic mass is 16.8. The summed E-state index contributed by atoms with van der Waals surface area (Å²) in [5.74, 6) is -6.48. The van der Waals surface area contributed by atoms with Crippen LogP contribution in [-0.2, 0) is 46.3 Å². The Balaban J connectivity index is 0.000000183. The van der Waals surface area contributed by atoms with E-state index in [-0.39, 0.29) is 55.4 Å². The second-order valence-corrected chi connectivity index (χ2v) is 17.7. The molecular formula is C52H43N7O21. The summed E-state index contributed by atoms with van der Waals surface area (Å²) < 4.78 is 10.5. The number of carboxylic acids is 2. The van der Waals surface area contributed by atoms with Crippen molar-refractivity contribution in [2.75, 3.05) is 13.2 Å². The van der Waals surface area contributed by atoms with E-state index < -0.39 is 108 Å². The highest BCUT2D eigenvalue weighted by Crippen LogP contribution is 2.46. The molecule has 412 valence electrons. The van der Waals surface area contributed by atoms with E-state index in [0.717, 1.165) is 68.8 Å². The molecule has 7 N–H and O–H groups in total. The molecule has 0 saturated carbocycles. The fraction of sp³-hybridized carbons (Fsp3) is 0.192. The highest BCUT2D eigenvalue weighted by Gasteiger charge is 2.36. The molecule has 3 amide bonds. The van der Waals surface area contributed by atoms with Gasteiger partial charge in [0.1, 0.15) is 25.3 Å². The average Bonchev–Trinajstić information content (AvgIpc) is 4.04. The Hall–Kier alpha value is -10.9. The number of ether oxygens (including phenoxy) is 2. The molecular weight excluding hydrogens is 1060 g/mol. The van der Waals surface area contributed by atoms with E-state index in [1.165, 1.54) is 0 Å². The van der Waals surface area contributed by atoms with E-state index in [1.54, 1.807) is 0 Å². The van der Waals surface area contributed by atoms with Gasteiger partial charge in [-0.25, -0.2) is 14.4 Å². The summed E-state index contributed by atoms with van der Waals surface area (Å²) in [5, 5.41) is 83.6. The number of nitro benzene ring substituents is 4. The van der Waals surface area contributed by atoms with Crippen molar-refractivity contribution in [3.63, 3.8) is 0 Å². The van der Waals surface area contributed by atoms with Crippen LogP contribution < -0.4 is 11.1 Å². The van der Waals surface area contributed by atoms with Gasteiger partial charge in [0.05, 0.1) is 19.7 Å². The lowest BCUT2D eigenvalue weighted by Gasteiger charge is -2.17. The van der Waals surface area contributed by atoms with E-state index in [9.17, 15) is 84.5 Å². The second-order valence-electron chi connectivity index (χ2n) is 17.7. The van der Waals surface area contributed by atoms with Crippen molar-refractivity contribution in [1.29, 1.82) is 0 Å². The quantitative estimate of drug-likeness (QED) is 0.0248. The molecule has 0 bridgehead atoms. The van der Waals surface area contributed by atoms with Gasteiger partial charge in [-0.15, -0.1) is 0 Å². The van der Waals surface area contributed by atoms with Crippen molar-refractivity contribution in [3.05, 3.63) is 195 Å². The number of aliphatic carboxylic acids is 2. The smallest absolute Gasteiger partial charge is 0.497 e. The molecule has 2 atom stereocenters. The number of nitrogens with one attached hydrogen (secondary N) is 1. The molecule has 0 spiro atoms. The Morgan fingerprint density at radius 3 is 1.24 bits per heavy atom. The van der Waals surface area contributed by atoms with Gasteiger partial charge in [-0.2, -0.15) is 0 Å². The summed E-state index contributed by atoms with van der Waals surface area (Å²) >= 11 is 0. The van der Waals surface area contributed by atoms with Crippen molar-refractivity contribution in [2.45, 2.75) is 49.6 Å². The molecule has 0 radical (unpaired) electrons. The summed E-state index contributed by atoms with van der Waals surface area (Å²) in [4.78, 5) is 114. The van der Waals surface area contributed by atoms with Gasteiger partial charge in [0, 0.05) is 55.4 Å². The zero-order valence-corrected chi connectivity index (χ0v) is 41.1. The third kappa shape index (κ3) is 12.7. The third-order valence-corrected chi connectivity index (χ3v) is 12.7. The number of aromatic hydroxyl groups is 2. The molecule has 2 aliphatic carbocycles. The van der Waals surface area contributed by atoms with Gasteiger partial charge in [-0.1, -0.05) is 102 Å². The van der Waals surface area contributed by atoms with Crippen LogP contribution in [0.2, 0.25) is 0 Å². The minimum Gasteiger partial charge on any atom is -0.497 e. The fourth-order valence-corrected chi connectivity index (χ4v) is 9.02. The van der Waals surface area contributed by atoms with E-state index in [2.05, 4.69) is 5.32 Å². The summed E-state index contributed by atoms with van der Waals surface area (Å²) in [6.45, 7) is 0.00539. The number of rotatable bonds is 16. The Morgan fingerprint density at radius 2 is 0.900 bits per heavy atom. The number of imide groups is 1. The zero-order chi connectivity index (χ0) is 58.1. The van der Waals surface area contributed by atoms with Gasteiger partial charge >= 0.3 is 46.9 Å². The first-order valence-corrected chi connectivity index (χ1v) is 23.6. The number of amides is 3. The maximum Gasteiger partial charge on any atom is 0.533 e. The van der Waals surface area contributed by atoms with Crippen molar-refractivity contribution < 1.29 is 83.2 Å². The van der Waals surface area contributed by atoms with Gasteiger partial charge in [0.15, 0.2) is 0 Å². The number of phenols is 2. The van der Waals surface area contributed by atoms with Crippen LogP contribution in [-0.4, -0.2) is 106 Å². The number of hydrogen-bond donors (Lipinski definition) is 6. The predicted molar refractivity (Wildman–Crippen MR) is 273 cm³/mol. The average molecular weight is 1100 g/mol. The largest absolute Gasteiger partial charge is 0.533 e. The lowest BCUT2D eigenvalue weighted by molar-refractivity contribution is -0.396. The number of hydrogen-bond acceptors (Lipinski definition) is 20. The van der Waals surface area contributed by atoms with E-state index in [1.807, 2.05) is 97.1 Å². The van der Waals surface area contributed by atoms with Gasteiger partial charge in [0.25, 0.3) is 23.3 Å². The maximum atomic E-state index is 12.5. The summed E-state index contributed by atoms with van der Waals surface area (Å²) in [5.41, 5.74) is 9.75. The Bertz CT molecular complexity index is 3340. The standard InChI is InChI=1S/C24H19N3O9.C19H15NO5.C9H9N3O7/c28-22-20(26(32)33)10-13(11-21(22)27(34)35)9-19(23(29)30)25-24(31)36-12-18-16-7-3-1-5-14(16)15-6-2-4-8-17(15)18;21-17-9-10-18(22)20(17)25-19(23)24-11-16-14-7-3-1-5-12(14)13-6-2-4-8-15(13)16;10-5(9(14)15)1-4-2-6(11(16)17)8(13)7(3-4)12(18)19/h1-8,10-11,18-19,28H,9,12H2,(H,25,31)(H,29,30);1-8,16H,9-11H2;2-3,5,13H,1,10H2,(H,14,15). The molecule has 6 aromatic rings. The molecule has 1 fully saturated rings. The van der Waals surface area contributed by atoms with Crippen LogP contribution >= 0.6 is 0 Å². The lowest BCUT2D eigenvalue weighted by atomic mass is 9.98. The van der Waals surface area contributed by atoms with Crippen LogP contribution in [0.4, 0.5) is 32.3 Å². The number of nitrogens with zero attached hydrogens (tertiary/aromatic N) is 5. The Labute approximate surface area is 448 Å². The summed E-state index contributed by atoms with van der Waals surface area (Å²) in [7, 11) is 0. The number of fused-ring (bicyclic) bond motifs is 6. The minimum absolute atomic E-state index is 0.0221. The molecule has 80 heavy (non-hydrogen) atoms. The van der Waals surface area contributed by atoms with Crippen LogP contribution in [0.5, 0.6) is 11.5 Å². The van der Waals surface area contributed by atoms with Crippen molar-refractivity contribution >= 4 is 58.8 Å². The van der Waals surface area contributed by atoms with Crippen molar-refractivity contribution in [3.8, 4) is 33.8 Å².